The Bertz CT molecular complexity index is 1160. The molecule has 7 heteroatoms. The zero-order chi connectivity index (χ0) is 21.1. The molecule has 0 saturated carbocycles. The fourth-order valence-corrected chi connectivity index (χ4v) is 4.07. The first-order chi connectivity index (χ1) is 14.5. The molecule has 4 nitrogen and oxygen atoms in total. The van der Waals surface area contributed by atoms with Gasteiger partial charge in [-0.3, -0.25) is 4.68 Å². The van der Waals surface area contributed by atoms with Gasteiger partial charge in [0.15, 0.2) is 0 Å². The lowest BCUT2D eigenvalue weighted by molar-refractivity contribution is 0.628. The van der Waals surface area contributed by atoms with E-state index in [0.29, 0.717) is 10.0 Å². The van der Waals surface area contributed by atoms with Crippen LogP contribution in [-0.4, -0.2) is 20.0 Å². The number of aromatic nitrogens is 4. The lowest BCUT2D eigenvalue weighted by atomic mass is 9.97. The van der Waals surface area contributed by atoms with Crippen LogP contribution in [0.5, 0.6) is 0 Å². The largest absolute Gasteiger partial charge is 0.271 e. The highest BCUT2D eigenvalue weighted by molar-refractivity contribution is 6.35. The van der Waals surface area contributed by atoms with Gasteiger partial charge in [-0.05, 0) is 67.3 Å². The Morgan fingerprint density at radius 1 is 0.933 bits per heavy atom. The van der Waals surface area contributed by atoms with E-state index in [1.165, 1.54) is 12.1 Å². The van der Waals surface area contributed by atoms with Gasteiger partial charge in [-0.1, -0.05) is 29.3 Å². The van der Waals surface area contributed by atoms with Crippen LogP contribution in [0.25, 0.3) is 22.4 Å². The fourth-order valence-electron chi connectivity index (χ4n) is 3.57. The summed E-state index contributed by atoms with van der Waals surface area (Å²) in [5, 5.41) is 14.0. The normalized spacial score (nSPS) is 11.1. The lowest BCUT2D eigenvalue weighted by Crippen LogP contribution is -2.01. The summed E-state index contributed by atoms with van der Waals surface area (Å²) in [6, 6.07) is 13.9. The Kier molecular flexibility index (Phi) is 6.11. The Hall–Kier alpha value is -2.76. The van der Waals surface area contributed by atoms with Gasteiger partial charge in [-0.2, -0.15) is 15.3 Å². The molecule has 0 unspecified atom stereocenters. The van der Waals surface area contributed by atoms with Crippen molar-refractivity contribution in [1.82, 2.24) is 20.0 Å². The third kappa shape index (κ3) is 4.37. The van der Waals surface area contributed by atoms with Crippen molar-refractivity contribution in [1.29, 1.82) is 0 Å². The highest BCUT2D eigenvalue weighted by Crippen LogP contribution is 2.35. The average Bonchev–Trinajstić information content (AvgIpc) is 3.07. The molecular weight excluding hydrogens is 422 g/mol. The second kappa shape index (κ2) is 8.94. The van der Waals surface area contributed by atoms with Crippen molar-refractivity contribution < 1.29 is 4.39 Å². The number of halogens is 3. The minimum absolute atomic E-state index is 0.276. The SMILES string of the molecule is Cn1nc(-c2ccc(F)cc2)c(-c2ccnnc2)c1CCCc1ccc(Cl)cc1Cl. The van der Waals surface area contributed by atoms with Gasteiger partial charge < -0.3 is 0 Å². The monoisotopic (exact) mass is 440 g/mol. The van der Waals surface area contributed by atoms with Gasteiger partial charge >= 0.3 is 0 Å². The highest BCUT2D eigenvalue weighted by atomic mass is 35.5. The van der Waals surface area contributed by atoms with Crippen molar-refractivity contribution in [3.8, 4) is 22.4 Å². The van der Waals surface area contributed by atoms with E-state index in [1.54, 1.807) is 30.6 Å². The van der Waals surface area contributed by atoms with Crippen LogP contribution in [0.3, 0.4) is 0 Å². The molecule has 0 aliphatic rings. The number of aryl methyl sites for hydroxylation is 2. The molecule has 30 heavy (non-hydrogen) atoms. The first-order valence-electron chi connectivity index (χ1n) is 9.55. The summed E-state index contributed by atoms with van der Waals surface area (Å²) >= 11 is 12.3. The van der Waals surface area contributed by atoms with Crippen LogP contribution in [0.4, 0.5) is 4.39 Å². The molecule has 2 aromatic carbocycles. The lowest BCUT2D eigenvalue weighted by Gasteiger charge is -2.09. The predicted molar refractivity (Wildman–Crippen MR) is 118 cm³/mol. The smallest absolute Gasteiger partial charge is 0.123 e. The van der Waals surface area contributed by atoms with Gasteiger partial charge in [0.1, 0.15) is 11.5 Å². The molecule has 152 valence electrons. The standard InChI is InChI=1S/C23H19Cl2FN4/c1-30-21(4-2-3-15-5-8-18(24)13-20(15)25)22(17-11-12-27-28-14-17)23(29-30)16-6-9-19(26)10-7-16/h5-14H,2-4H2,1H3. The van der Waals surface area contributed by atoms with Crippen LogP contribution < -0.4 is 0 Å². The molecule has 0 fully saturated rings. The van der Waals surface area contributed by atoms with E-state index >= 15 is 0 Å². The zero-order valence-electron chi connectivity index (χ0n) is 16.3. The summed E-state index contributed by atoms with van der Waals surface area (Å²) in [6.45, 7) is 0. The second-order valence-electron chi connectivity index (χ2n) is 7.02. The summed E-state index contributed by atoms with van der Waals surface area (Å²) in [5.41, 5.74) is 5.70. The van der Waals surface area contributed by atoms with Gasteiger partial charge in [0.2, 0.25) is 0 Å². The highest BCUT2D eigenvalue weighted by Gasteiger charge is 2.19. The van der Waals surface area contributed by atoms with Crippen LogP contribution in [0.1, 0.15) is 17.7 Å². The number of nitrogens with zero attached hydrogens (tertiary/aromatic N) is 4. The third-order valence-electron chi connectivity index (χ3n) is 5.03. The molecule has 2 aromatic heterocycles. The summed E-state index contributed by atoms with van der Waals surface area (Å²) in [7, 11) is 1.93. The van der Waals surface area contributed by atoms with Crippen molar-refractivity contribution in [2.45, 2.75) is 19.3 Å². The number of benzene rings is 2. The molecule has 0 atom stereocenters. The van der Waals surface area contributed by atoms with Gasteiger partial charge in [0.25, 0.3) is 0 Å². The summed E-state index contributed by atoms with van der Waals surface area (Å²) < 4.78 is 15.3. The maximum atomic E-state index is 13.4. The van der Waals surface area contributed by atoms with Crippen molar-refractivity contribution in [3.63, 3.8) is 0 Å². The molecule has 0 bridgehead atoms. The average molecular weight is 441 g/mol. The van der Waals surface area contributed by atoms with Gasteiger partial charge in [0.05, 0.1) is 12.4 Å². The van der Waals surface area contributed by atoms with Gasteiger partial charge in [0, 0.05) is 39.5 Å². The van der Waals surface area contributed by atoms with Crippen LogP contribution in [-0.2, 0) is 19.9 Å². The summed E-state index contributed by atoms with van der Waals surface area (Å²) in [4.78, 5) is 0. The Balaban J connectivity index is 1.67. The van der Waals surface area contributed by atoms with Crippen molar-refractivity contribution >= 4 is 23.2 Å². The molecule has 0 amide bonds. The Morgan fingerprint density at radius 2 is 1.73 bits per heavy atom. The van der Waals surface area contributed by atoms with Crippen molar-refractivity contribution in [2.24, 2.45) is 7.05 Å². The van der Waals surface area contributed by atoms with E-state index in [-0.39, 0.29) is 5.82 Å². The number of rotatable bonds is 6. The van der Waals surface area contributed by atoms with E-state index in [4.69, 9.17) is 28.3 Å². The van der Waals surface area contributed by atoms with Gasteiger partial charge in [-0.25, -0.2) is 4.39 Å². The van der Waals surface area contributed by atoms with Crippen LogP contribution in [0.15, 0.2) is 60.9 Å². The molecular formula is C23H19Cl2FN4. The molecule has 2 heterocycles. The Labute approximate surface area is 184 Å². The van der Waals surface area contributed by atoms with E-state index in [1.807, 2.05) is 29.9 Å². The van der Waals surface area contributed by atoms with Crippen LogP contribution in [0, 0.1) is 5.82 Å². The molecule has 0 spiro atoms. The van der Waals surface area contributed by atoms with Crippen LogP contribution in [0.2, 0.25) is 10.0 Å². The molecule has 0 aliphatic heterocycles. The van der Waals surface area contributed by atoms with E-state index in [2.05, 4.69) is 10.2 Å². The minimum Gasteiger partial charge on any atom is -0.271 e. The minimum atomic E-state index is -0.276. The summed E-state index contributed by atoms with van der Waals surface area (Å²) in [5.74, 6) is -0.276. The molecule has 4 aromatic rings. The molecule has 0 N–H and O–H groups in total. The number of hydrogen-bond acceptors (Lipinski definition) is 3. The maximum Gasteiger partial charge on any atom is 0.123 e. The predicted octanol–water partition coefficient (Wildman–Crippen LogP) is 6.17. The van der Waals surface area contributed by atoms with E-state index < -0.39 is 0 Å². The molecule has 4 rings (SSSR count). The third-order valence-corrected chi connectivity index (χ3v) is 5.62. The van der Waals surface area contributed by atoms with Crippen molar-refractivity contribution in [3.05, 3.63) is 88.0 Å². The van der Waals surface area contributed by atoms with Crippen LogP contribution >= 0.6 is 23.2 Å². The van der Waals surface area contributed by atoms with E-state index in [9.17, 15) is 4.39 Å². The topological polar surface area (TPSA) is 43.6 Å². The van der Waals surface area contributed by atoms with E-state index in [0.717, 1.165) is 52.9 Å². The summed E-state index contributed by atoms with van der Waals surface area (Å²) in [6.07, 6.45) is 5.88. The molecule has 0 radical (unpaired) electrons. The first kappa shape index (κ1) is 20.5. The first-order valence-corrected chi connectivity index (χ1v) is 10.3. The molecule has 0 saturated heterocycles. The zero-order valence-corrected chi connectivity index (χ0v) is 17.8. The molecule has 0 aliphatic carbocycles. The fraction of sp³-hybridized carbons (Fsp3) is 0.174. The van der Waals surface area contributed by atoms with Gasteiger partial charge in [-0.15, -0.1) is 0 Å². The maximum absolute atomic E-state index is 13.4. The second-order valence-corrected chi connectivity index (χ2v) is 7.86. The quantitative estimate of drug-likeness (QED) is 0.360. The van der Waals surface area contributed by atoms with Crippen molar-refractivity contribution in [2.75, 3.05) is 0 Å². The number of hydrogen-bond donors (Lipinski definition) is 0. The Morgan fingerprint density at radius 3 is 2.43 bits per heavy atom.